The van der Waals surface area contributed by atoms with Gasteiger partial charge in [-0.2, -0.15) is 0 Å². The van der Waals surface area contributed by atoms with Crippen LogP contribution in [-0.4, -0.2) is 44.0 Å². The normalized spacial score (nSPS) is 21.4. The molecule has 0 aromatic rings. The van der Waals surface area contributed by atoms with Crippen molar-refractivity contribution in [1.82, 2.24) is 4.72 Å². The number of esters is 1. The van der Waals surface area contributed by atoms with Crippen molar-refractivity contribution in [2.75, 3.05) is 18.9 Å². The molecule has 0 unspecified atom stereocenters. The predicted molar refractivity (Wildman–Crippen MR) is 75.6 cm³/mol. The van der Waals surface area contributed by atoms with Gasteiger partial charge in [0.25, 0.3) is 0 Å². The number of hydrogen-bond acceptors (Lipinski definition) is 5. The van der Waals surface area contributed by atoms with E-state index in [1.807, 2.05) is 0 Å². The van der Waals surface area contributed by atoms with Gasteiger partial charge in [-0.1, -0.05) is 13.8 Å². The Labute approximate surface area is 120 Å². The lowest BCUT2D eigenvalue weighted by Crippen LogP contribution is -2.47. The van der Waals surface area contributed by atoms with Gasteiger partial charge in [-0.15, -0.1) is 0 Å². The van der Waals surface area contributed by atoms with Crippen LogP contribution in [0.25, 0.3) is 0 Å². The van der Waals surface area contributed by atoms with Crippen LogP contribution in [0.2, 0.25) is 0 Å². The molecule has 6 nitrogen and oxygen atoms in total. The molecule has 1 rings (SSSR count). The van der Waals surface area contributed by atoms with Crippen LogP contribution in [0.4, 0.5) is 0 Å². The molecule has 0 heterocycles. The highest BCUT2D eigenvalue weighted by atomic mass is 32.2. The molecule has 1 aliphatic carbocycles. The van der Waals surface area contributed by atoms with Crippen LogP contribution in [-0.2, 0) is 19.6 Å². The maximum absolute atomic E-state index is 11.7. The Bertz CT molecular complexity index is 434. The van der Waals surface area contributed by atoms with Gasteiger partial charge < -0.3 is 9.84 Å². The Balaban J connectivity index is 2.48. The third kappa shape index (κ3) is 5.76. The zero-order valence-corrected chi connectivity index (χ0v) is 13.3. The van der Waals surface area contributed by atoms with Gasteiger partial charge in [-0.3, -0.25) is 4.79 Å². The average Bonchev–Trinajstić information content (AvgIpc) is 2.31. The second-order valence-corrected chi connectivity index (χ2v) is 8.08. The van der Waals surface area contributed by atoms with Crippen molar-refractivity contribution < 1.29 is 23.1 Å². The number of aliphatic hydroxyl groups is 1. The third-order valence-corrected chi connectivity index (χ3v) is 4.97. The maximum Gasteiger partial charge on any atom is 0.322 e. The molecule has 1 fully saturated rings. The molecule has 20 heavy (non-hydrogen) atoms. The fourth-order valence-electron chi connectivity index (χ4n) is 2.22. The summed E-state index contributed by atoms with van der Waals surface area (Å²) in [6.07, 6.45) is 2.82. The number of ether oxygens (including phenoxy) is 1. The van der Waals surface area contributed by atoms with Crippen LogP contribution >= 0.6 is 0 Å². The summed E-state index contributed by atoms with van der Waals surface area (Å²) in [7, 11) is -3.75. The Kier molecular flexibility index (Phi) is 5.57. The molecule has 0 atom stereocenters. The van der Waals surface area contributed by atoms with Gasteiger partial charge in [0.15, 0.2) is 5.75 Å². The van der Waals surface area contributed by atoms with E-state index in [0.717, 1.165) is 12.8 Å². The van der Waals surface area contributed by atoms with Crippen LogP contribution in [0.3, 0.4) is 0 Å². The minimum atomic E-state index is -3.75. The van der Waals surface area contributed by atoms with Crippen molar-refractivity contribution in [2.45, 2.75) is 52.1 Å². The van der Waals surface area contributed by atoms with Crippen molar-refractivity contribution in [3.8, 4) is 0 Å². The van der Waals surface area contributed by atoms with E-state index in [9.17, 15) is 18.3 Å². The summed E-state index contributed by atoms with van der Waals surface area (Å²) in [6, 6.07) is 0. The number of hydrogen-bond donors (Lipinski definition) is 2. The molecule has 0 aliphatic heterocycles. The topological polar surface area (TPSA) is 92.7 Å². The van der Waals surface area contributed by atoms with Gasteiger partial charge in [0.2, 0.25) is 10.0 Å². The lowest BCUT2D eigenvalue weighted by Gasteiger charge is -2.40. The zero-order valence-electron chi connectivity index (χ0n) is 12.4. The first kappa shape index (κ1) is 17.4. The zero-order chi connectivity index (χ0) is 15.4. The molecule has 1 aliphatic rings. The van der Waals surface area contributed by atoms with Crippen molar-refractivity contribution in [2.24, 2.45) is 5.41 Å². The summed E-state index contributed by atoms with van der Waals surface area (Å²) in [4.78, 5) is 11.2. The lowest BCUT2D eigenvalue weighted by molar-refractivity contribution is -0.139. The van der Waals surface area contributed by atoms with Crippen molar-refractivity contribution in [3.63, 3.8) is 0 Å². The van der Waals surface area contributed by atoms with Gasteiger partial charge in [-0.25, -0.2) is 13.1 Å². The Morgan fingerprint density at radius 1 is 1.25 bits per heavy atom. The molecule has 0 aromatic carbocycles. The quantitative estimate of drug-likeness (QED) is 0.708. The highest BCUT2D eigenvalue weighted by Gasteiger charge is 2.37. The van der Waals surface area contributed by atoms with E-state index in [2.05, 4.69) is 23.3 Å². The van der Waals surface area contributed by atoms with Crippen molar-refractivity contribution in [1.29, 1.82) is 0 Å². The lowest BCUT2D eigenvalue weighted by atomic mass is 9.71. The standard InChI is InChI=1S/C13H25NO5S/c1-4-19-11(15)9-20(17,18)14-10-13(16)7-5-12(2,3)6-8-13/h14,16H,4-10H2,1-3H3. The fraction of sp³-hybridized carbons (Fsp3) is 0.923. The summed E-state index contributed by atoms with van der Waals surface area (Å²) < 4.78 is 30.3. The predicted octanol–water partition coefficient (Wildman–Crippen LogP) is 0.800. The molecule has 1 saturated carbocycles. The molecule has 118 valence electrons. The number of carbonyl (C=O) groups excluding carboxylic acids is 1. The van der Waals surface area contributed by atoms with Crippen molar-refractivity contribution in [3.05, 3.63) is 0 Å². The van der Waals surface area contributed by atoms with Gasteiger partial charge in [0, 0.05) is 6.54 Å². The Morgan fingerprint density at radius 3 is 2.30 bits per heavy atom. The minimum Gasteiger partial charge on any atom is -0.465 e. The Hall–Kier alpha value is -0.660. The number of nitrogens with one attached hydrogen (secondary N) is 1. The summed E-state index contributed by atoms with van der Waals surface area (Å²) in [5.74, 6) is -1.49. The van der Waals surface area contributed by atoms with E-state index in [1.165, 1.54) is 0 Å². The number of carbonyl (C=O) groups is 1. The molecule has 7 heteroatoms. The molecule has 0 radical (unpaired) electrons. The molecular formula is C13H25NO5S. The second-order valence-electron chi connectivity index (χ2n) is 6.27. The van der Waals surface area contributed by atoms with E-state index in [0.29, 0.717) is 12.8 Å². The number of sulfonamides is 1. The van der Waals surface area contributed by atoms with E-state index in [-0.39, 0.29) is 18.6 Å². The summed E-state index contributed by atoms with van der Waals surface area (Å²) in [5.41, 5.74) is -0.826. The van der Waals surface area contributed by atoms with Gasteiger partial charge in [0.1, 0.15) is 0 Å². The SMILES string of the molecule is CCOC(=O)CS(=O)(=O)NCC1(O)CCC(C)(C)CC1. The first-order valence-corrected chi connectivity index (χ1v) is 8.58. The molecular weight excluding hydrogens is 282 g/mol. The monoisotopic (exact) mass is 307 g/mol. The maximum atomic E-state index is 11.7. The third-order valence-electron chi connectivity index (χ3n) is 3.77. The first-order valence-electron chi connectivity index (χ1n) is 6.93. The number of rotatable bonds is 6. The highest BCUT2D eigenvalue weighted by Crippen LogP contribution is 2.39. The van der Waals surface area contributed by atoms with Crippen LogP contribution in [0.15, 0.2) is 0 Å². The van der Waals surface area contributed by atoms with Crippen LogP contribution < -0.4 is 4.72 Å². The molecule has 0 aromatic heterocycles. The second kappa shape index (κ2) is 6.41. The summed E-state index contributed by atoms with van der Waals surface area (Å²) >= 11 is 0. The van der Waals surface area contributed by atoms with Crippen LogP contribution in [0.5, 0.6) is 0 Å². The average molecular weight is 307 g/mol. The molecule has 0 amide bonds. The highest BCUT2D eigenvalue weighted by molar-refractivity contribution is 7.90. The van der Waals surface area contributed by atoms with Gasteiger partial charge in [0.05, 0.1) is 12.2 Å². The van der Waals surface area contributed by atoms with Crippen LogP contribution in [0.1, 0.15) is 46.5 Å². The molecule has 0 saturated heterocycles. The smallest absolute Gasteiger partial charge is 0.322 e. The van der Waals surface area contributed by atoms with E-state index in [4.69, 9.17) is 0 Å². The van der Waals surface area contributed by atoms with Gasteiger partial charge in [-0.05, 0) is 38.0 Å². The molecule has 0 spiro atoms. The van der Waals surface area contributed by atoms with E-state index < -0.39 is 27.3 Å². The molecule has 2 N–H and O–H groups in total. The summed E-state index contributed by atoms with van der Waals surface area (Å²) in [6.45, 7) is 5.98. The largest absolute Gasteiger partial charge is 0.465 e. The van der Waals surface area contributed by atoms with E-state index in [1.54, 1.807) is 6.92 Å². The fourth-order valence-corrected chi connectivity index (χ4v) is 3.21. The summed E-state index contributed by atoms with van der Waals surface area (Å²) in [5, 5.41) is 10.4. The Morgan fingerprint density at radius 2 is 1.80 bits per heavy atom. The van der Waals surface area contributed by atoms with Crippen molar-refractivity contribution >= 4 is 16.0 Å². The first-order chi connectivity index (χ1) is 9.08. The van der Waals surface area contributed by atoms with Crippen LogP contribution in [0, 0.1) is 5.41 Å². The van der Waals surface area contributed by atoms with E-state index >= 15 is 0 Å². The van der Waals surface area contributed by atoms with Gasteiger partial charge >= 0.3 is 5.97 Å². The molecule has 0 bridgehead atoms. The minimum absolute atomic E-state index is 0.0508.